The average Bonchev–Trinajstić information content (AvgIpc) is 2.70. The van der Waals surface area contributed by atoms with Crippen molar-refractivity contribution >= 4 is 11.7 Å². The summed E-state index contributed by atoms with van der Waals surface area (Å²) < 4.78 is 1.52. The van der Waals surface area contributed by atoms with Crippen molar-refractivity contribution in [3.63, 3.8) is 0 Å². The average molecular weight is 376 g/mol. The molecule has 2 aromatic carbocycles. The molecule has 0 spiro atoms. The number of nitrogens with zero attached hydrogens (tertiary/aromatic N) is 2. The number of urea groups is 1. The van der Waals surface area contributed by atoms with Crippen LogP contribution in [-0.4, -0.2) is 22.1 Å². The second kappa shape index (κ2) is 9.50. The van der Waals surface area contributed by atoms with Gasteiger partial charge in [0, 0.05) is 24.6 Å². The van der Waals surface area contributed by atoms with Gasteiger partial charge in [-0.25, -0.2) is 14.6 Å². The van der Waals surface area contributed by atoms with E-state index in [2.05, 4.69) is 34.7 Å². The molecule has 6 nitrogen and oxygen atoms in total. The van der Waals surface area contributed by atoms with Crippen LogP contribution in [0.2, 0.25) is 0 Å². The lowest BCUT2D eigenvalue weighted by Crippen LogP contribution is -2.30. The van der Waals surface area contributed by atoms with Crippen molar-refractivity contribution in [3.05, 3.63) is 94.7 Å². The third-order valence-electron chi connectivity index (χ3n) is 4.55. The minimum atomic E-state index is -0.300. The normalized spacial score (nSPS) is 11.6. The number of hydrogen-bond donors (Lipinski definition) is 2. The van der Waals surface area contributed by atoms with Gasteiger partial charge in [-0.15, -0.1) is 0 Å². The van der Waals surface area contributed by atoms with E-state index in [4.69, 9.17) is 0 Å². The van der Waals surface area contributed by atoms with Crippen LogP contribution in [0.4, 0.5) is 10.5 Å². The van der Waals surface area contributed by atoms with Crippen LogP contribution in [0.5, 0.6) is 0 Å². The zero-order valence-electron chi connectivity index (χ0n) is 15.8. The number of hydrogen-bond acceptors (Lipinski definition) is 3. The third-order valence-corrected chi connectivity index (χ3v) is 4.55. The Morgan fingerprint density at radius 2 is 1.93 bits per heavy atom. The van der Waals surface area contributed by atoms with Crippen LogP contribution >= 0.6 is 0 Å². The topological polar surface area (TPSA) is 76.0 Å². The molecule has 2 N–H and O–H groups in total. The largest absolute Gasteiger partial charge is 0.347 e. The SMILES string of the molecule is C[C@@H](CCNC(=O)Nc1cccc(Cn2cccnc2=O)c1)c1ccccc1. The Kier molecular flexibility index (Phi) is 6.57. The van der Waals surface area contributed by atoms with Gasteiger partial charge in [0.1, 0.15) is 0 Å². The molecule has 0 unspecified atom stereocenters. The number of anilines is 1. The third kappa shape index (κ3) is 5.54. The molecular weight excluding hydrogens is 352 g/mol. The molecule has 1 aromatic heterocycles. The fourth-order valence-electron chi connectivity index (χ4n) is 2.98. The summed E-state index contributed by atoms with van der Waals surface area (Å²) in [6.07, 6.45) is 4.03. The Morgan fingerprint density at radius 3 is 2.71 bits per heavy atom. The van der Waals surface area contributed by atoms with Gasteiger partial charge in [0.15, 0.2) is 0 Å². The van der Waals surface area contributed by atoms with E-state index in [1.807, 2.05) is 42.5 Å². The number of aromatic nitrogens is 2. The summed E-state index contributed by atoms with van der Waals surface area (Å²) in [7, 11) is 0. The number of nitrogens with one attached hydrogen (secondary N) is 2. The molecule has 144 valence electrons. The van der Waals surface area contributed by atoms with Gasteiger partial charge in [0.2, 0.25) is 0 Å². The molecule has 3 rings (SSSR count). The summed E-state index contributed by atoms with van der Waals surface area (Å²) in [6, 6.07) is 19.2. The van der Waals surface area contributed by atoms with Crippen LogP contribution in [0.15, 0.2) is 77.9 Å². The van der Waals surface area contributed by atoms with E-state index < -0.39 is 0 Å². The maximum absolute atomic E-state index is 12.2. The van der Waals surface area contributed by atoms with Gasteiger partial charge < -0.3 is 10.6 Å². The molecular formula is C22H24N4O2. The summed E-state index contributed by atoms with van der Waals surface area (Å²) in [5.74, 6) is 0.377. The highest BCUT2D eigenvalue weighted by Gasteiger charge is 2.07. The molecule has 28 heavy (non-hydrogen) atoms. The number of amides is 2. The number of benzene rings is 2. The maximum atomic E-state index is 12.2. The van der Waals surface area contributed by atoms with Crippen molar-refractivity contribution in [1.82, 2.24) is 14.9 Å². The summed E-state index contributed by atoms with van der Waals surface area (Å²) >= 11 is 0. The fraction of sp³-hybridized carbons (Fsp3) is 0.227. The smallest absolute Gasteiger partial charge is 0.338 e. The molecule has 6 heteroatoms. The molecule has 0 aliphatic heterocycles. The predicted octanol–water partition coefficient (Wildman–Crippen LogP) is 3.61. The Hall–Kier alpha value is -3.41. The van der Waals surface area contributed by atoms with Crippen molar-refractivity contribution in [2.75, 3.05) is 11.9 Å². The fourth-order valence-corrected chi connectivity index (χ4v) is 2.98. The van der Waals surface area contributed by atoms with Gasteiger partial charge in [0.05, 0.1) is 6.54 Å². The summed E-state index contributed by atoms with van der Waals surface area (Å²) in [4.78, 5) is 27.6. The molecule has 0 radical (unpaired) electrons. The lowest BCUT2D eigenvalue weighted by molar-refractivity contribution is 0.252. The number of rotatable bonds is 7. The monoisotopic (exact) mass is 376 g/mol. The molecule has 0 bridgehead atoms. The van der Waals surface area contributed by atoms with E-state index in [0.29, 0.717) is 24.7 Å². The van der Waals surface area contributed by atoms with Crippen molar-refractivity contribution < 1.29 is 4.79 Å². The van der Waals surface area contributed by atoms with E-state index in [-0.39, 0.29) is 11.7 Å². The van der Waals surface area contributed by atoms with E-state index >= 15 is 0 Å². The van der Waals surface area contributed by atoms with Crippen LogP contribution in [0, 0.1) is 0 Å². The highest BCUT2D eigenvalue weighted by atomic mass is 16.2. The van der Waals surface area contributed by atoms with Crippen molar-refractivity contribution in [3.8, 4) is 0 Å². The summed E-state index contributed by atoms with van der Waals surface area (Å²) in [5, 5.41) is 5.74. The maximum Gasteiger partial charge on any atom is 0.347 e. The first-order chi connectivity index (χ1) is 13.6. The second-order valence-corrected chi connectivity index (χ2v) is 6.71. The van der Waals surface area contributed by atoms with E-state index in [1.165, 1.54) is 16.3 Å². The second-order valence-electron chi connectivity index (χ2n) is 6.71. The van der Waals surface area contributed by atoms with E-state index in [0.717, 1.165) is 12.0 Å². The quantitative estimate of drug-likeness (QED) is 0.661. The Morgan fingerprint density at radius 1 is 1.11 bits per heavy atom. The Labute approximate surface area is 164 Å². The first-order valence-electron chi connectivity index (χ1n) is 9.32. The molecule has 2 amide bonds. The van der Waals surface area contributed by atoms with Crippen molar-refractivity contribution in [2.24, 2.45) is 0 Å². The van der Waals surface area contributed by atoms with Gasteiger partial charge in [-0.05, 0) is 41.7 Å². The number of carbonyl (C=O) groups is 1. The minimum absolute atomic E-state index is 0.240. The van der Waals surface area contributed by atoms with Crippen LogP contribution < -0.4 is 16.3 Å². The van der Waals surface area contributed by atoms with Gasteiger partial charge in [0.25, 0.3) is 0 Å². The van der Waals surface area contributed by atoms with Crippen LogP contribution in [0.3, 0.4) is 0 Å². The van der Waals surface area contributed by atoms with Crippen LogP contribution in [0.1, 0.15) is 30.4 Å². The highest BCUT2D eigenvalue weighted by molar-refractivity contribution is 5.89. The first kappa shape index (κ1) is 19.4. The van der Waals surface area contributed by atoms with Crippen molar-refractivity contribution in [2.45, 2.75) is 25.8 Å². The molecule has 0 saturated carbocycles. The van der Waals surface area contributed by atoms with Gasteiger partial charge in [-0.2, -0.15) is 0 Å². The highest BCUT2D eigenvalue weighted by Crippen LogP contribution is 2.17. The van der Waals surface area contributed by atoms with E-state index in [1.54, 1.807) is 12.3 Å². The molecule has 1 atom stereocenters. The van der Waals surface area contributed by atoms with Gasteiger partial charge in [-0.1, -0.05) is 49.4 Å². The van der Waals surface area contributed by atoms with E-state index in [9.17, 15) is 9.59 Å². The van der Waals surface area contributed by atoms with Crippen molar-refractivity contribution in [1.29, 1.82) is 0 Å². The predicted molar refractivity (Wildman–Crippen MR) is 111 cm³/mol. The van der Waals surface area contributed by atoms with Gasteiger partial charge in [-0.3, -0.25) is 4.57 Å². The molecule has 0 aliphatic rings. The standard InChI is InChI=1S/C22H24N4O2/c1-17(19-8-3-2-4-9-19)11-13-23-21(27)25-20-10-5-7-18(15-20)16-26-14-6-12-24-22(26)28/h2-10,12,14-15,17H,11,13,16H2,1H3,(H2,23,25,27)/t17-/m0/s1. The summed E-state index contributed by atoms with van der Waals surface area (Å²) in [5.41, 5.74) is 2.56. The molecule has 0 aliphatic carbocycles. The molecule has 3 aromatic rings. The van der Waals surface area contributed by atoms with Gasteiger partial charge >= 0.3 is 11.7 Å². The number of carbonyl (C=O) groups excluding carboxylic acids is 1. The lowest BCUT2D eigenvalue weighted by atomic mass is 9.98. The zero-order valence-corrected chi connectivity index (χ0v) is 15.8. The minimum Gasteiger partial charge on any atom is -0.338 e. The lowest BCUT2D eigenvalue weighted by Gasteiger charge is -2.13. The molecule has 0 fully saturated rings. The van der Waals surface area contributed by atoms with Crippen LogP contribution in [-0.2, 0) is 6.54 Å². The Bertz CT molecular complexity index is 969. The molecule has 0 saturated heterocycles. The summed E-state index contributed by atoms with van der Waals surface area (Å²) in [6.45, 7) is 3.14. The first-order valence-corrected chi connectivity index (χ1v) is 9.32. The Balaban J connectivity index is 1.50. The van der Waals surface area contributed by atoms with Crippen LogP contribution in [0.25, 0.3) is 0 Å². The zero-order chi connectivity index (χ0) is 19.8. The molecule has 1 heterocycles.